The van der Waals surface area contributed by atoms with Crippen LogP contribution in [0.1, 0.15) is 37.7 Å². The summed E-state index contributed by atoms with van der Waals surface area (Å²) in [4.78, 5) is 20.5. The summed E-state index contributed by atoms with van der Waals surface area (Å²) in [5.74, 6) is 1.43. The lowest BCUT2D eigenvalue weighted by Crippen LogP contribution is -2.45. The standard InChI is InChI=1S/C22H34N4O2/c1-25(2)21(27)14-23-22(24-20-10-6-7-11-20)26-13-12-19(15-26)17-28-16-18-8-4-3-5-9-18/h3-5,8-9,19-20H,6-7,10-17H2,1-2H3,(H,23,24). The van der Waals surface area contributed by atoms with Crippen LogP contribution in [0.15, 0.2) is 35.3 Å². The van der Waals surface area contributed by atoms with Gasteiger partial charge < -0.3 is 19.9 Å². The minimum atomic E-state index is 0.0349. The Morgan fingerprint density at radius 1 is 1.21 bits per heavy atom. The van der Waals surface area contributed by atoms with Crippen LogP contribution in [0.2, 0.25) is 0 Å². The SMILES string of the molecule is CN(C)C(=O)CN=C(NC1CCCC1)N1CCC(COCc2ccccc2)C1. The highest BCUT2D eigenvalue weighted by Crippen LogP contribution is 2.21. The maximum atomic E-state index is 12.0. The number of hydrogen-bond donors (Lipinski definition) is 1. The van der Waals surface area contributed by atoms with E-state index in [0.717, 1.165) is 32.1 Å². The van der Waals surface area contributed by atoms with E-state index in [1.807, 2.05) is 18.2 Å². The predicted molar refractivity (Wildman–Crippen MR) is 112 cm³/mol. The van der Waals surface area contributed by atoms with Gasteiger partial charge in [-0.15, -0.1) is 0 Å². The molecule has 0 radical (unpaired) electrons. The van der Waals surface area contributed by atoms with E-state index in [1.54, 1.807) is 19.0 Å². The highest BCUT2D eigenvalue weighted by Gasteiger charge is 2.27. The van der Waals surface area contributed by atoms with Gasteiger partial charge >= 0.3 is 0 Å². The molecule has 1 amide bonds. The maximum Gasteiger partial charge on any atom is 0.243 e. The molecule has 1 aromatic carbocycles. The molecule has 1 unspecified atom stereocenters. The second kappa shape index (κ2) is 10.5. The Kier molecular flexibility index (Phi) is 7.71. The number of rotatable bonds is 7. The third-order valence-electron chi connectivity index (χ3n) is 5.60. The van der Waals surface area contributed by atoms with Crippen molar-refractivity contribution >= 4 is 11.9 Å². The van der Waals surface area contributed by atoms with Gasteiger partial charge in [0.25, 0.3) is 0 Å². The van der Waals surface area contributed by atoms with E-state index < -0.39 is 0 Å². The molecule has 0 spiro atoms. The Morgan fingerprint density at radius 2 is 1.96 bits per heavy atom. The molecule has 6 heteroatoms. The third-order valence-corrected chi connectivity index (χ3v) is 5.60. The number of nitrogens with zero attached hydrogens (tertiary/aromatic N) is 3. The van der Waals surface area contributed by atoms with E-state index in [0.29, 0.717) is 18.6 Å². The van der Waals surface area contributed by atoms with Gasteiger partial charge in [0, 0.05) is 39.1 Å². The minimum absolute atomic E-state index is 0.0349. The molecule has 2 aliphatic rings. The summed E-state index contributed by atoms with van der Waals surface area (Å²) in [6.07, 6.45) is 6.03. The smallest absolute Gasteiger partial charge is 0.243 e. The van der Waals surface area contributed by atoms with Crippen LogP contribution < -0.4 is 5.32 Å². The number of nitrogens with one attached hydrogen (secondary N) is 1. The van der Waals surface area contributed by atoms with Gasteiger partial charge in [-0.3, -0.25) is 4.79 Å². The van der Waals surface area contributed by atoms with Gasteiger partial charge in [-0.1, -0.05) is 43.2 Å². The molecule has 1 aliphatic heterocycles. The Balaban J connectivity index is 1.51. The van der Waals surface area contributed by atoms with Crippen molar-refractivity contribution < 1.29 is 9.53 Å². The zero-order valence-electron chi connectivity index (χ0n) is 17.3. The number of aliphatic imine (C=N–C) groups is 1. The second-order valence-electron chi connectivity index (χ2n) is 8.16. The fourth-order valence-electron chi connectivity index (χ4n) is 3.85. The Morgan fingerprint density at radius 3 is 2.68 bits per heavy atom. The van der Waals surface area contributed by atoms with E-state index >= 15 is 0 Å². The number of benzene rings is 1. The van der Waals surface area contributed by atoms with Crippen molar-refractivity contribution in [3.8, 4) is 0 Å². The van der Waals surface area contributed by atoms with Gasteiger partial charge in [0.05, 0.1) is 13.2 Å². The Labute approximate surface area is 168 Å². The molecule has 1 saturated heterocycles. The van der Waals surface area contributed by atoms with Crippen LogP contribution in [0.25, 0.3) is 0 Å². The molecular formula is C22H34N4O2. The molecule has 2 fully saturated rings. The largest absolute Gasteiger partial charge is 0.376 e. The van der Waals surface area contributed by atoms with Crippen molar-refractivity contribution in [3.05, 3.63) is 35.9 Å². The zero-order valence-corrected chi connectivity index (χ0v) is 17.3. The number of carbonyl (C=O) groups is 1. The van der Waals surface area contributed by atoms with Crippen LogP contribution in [-0.4, -0.2) is 68.0 Å². The summed E-state index contributed by atoms with van der Waals surface area (Å²) in [5.41, 5.74) is 1.21. The molecule has 1 atom stereocenters. The third kappa shape index (κ3) is 6.23. The lowest BCUT2D eigenvalue weighted by atomic mass is 10.1. The summed E-state index contributed by atoms with van der Waals surface area (Å²) in [7, 11) is 3.55. The first-order chi connectivity index (χ1) is 13.6. The van der Waals surface area contributed by atoms with E-state index in [2.05, 4.69) is 27.3 Å². The number of ether oxygens (including phenoxy) is 1. The Hall–Kier alpha value is -2.08. The number of carbonyl (C=O) groups excluding carboxylic acids is 1. The molecule has 154 valence electrons. The van der Waals surface area contributed by atoms with Crippen LogP contribution in [0.3, 0.4) is 0 Å². The van der Waals surface area contributed by atoms with Crippen LogP contribution in [-0.2, 0) is 16.1 Å². The molecule has 1 N–H and O–H groups in total. The van der Waals surface area contributed by atoms with E-state index in [-0.39, 0.29) is 12.5 Å². The molecule has 1 aliphatic carbocycles. The first-order valence-electron chi connectivity index (χ1n) is 10.5. The summed E-state index contributed by atoms with van der Waals surface area (Å²) in [5, 5.41) is 3.62. The number of hydrogen-bond acceptors (Lipinski definition) is 3. The molecule has 28 heavy (non-hydrogen) atoms. The molecule has 1 heterocycles. The number of likely N-dealkylation sites (tertiary alicyclic amines) is 1. The molecule has 6 nitrogen and oxygen atoms in total. The van der Waals surface area contributed by atoms with Crippen LogP contribution >= 0.6 is 0 Å². The van der Waals surface area contributed by atoms with Crippen molar-refractivity contribution in [2.75, 3.05) is 40.3 Å². The average molecular weight is 387 g/mol. The highest BCUT2D eigenvalue weighted by atomic mass is 16.5. The molecule has 1 aromatic rings. The molecule has 1 saturated carbocycles. The summed E-state index contributed by atoms with van der Waals surface area (Å²) < 4.78 is 5.95. The summed E-state index contributed by atoms with van der Waals surface area (Å²) in [6, 6.07) is 10.8. The van der Waals surface area contributed by atoms with Crippen LogP contribution in [0.5, 0.6) is 0 Å². The molecule has 3 rings (SSSR count). The number of likely N-dealkylation sites (N-methyl/N-ethyl adjacent to an activating group) is 1. The summed E-state index contributed by atoms with van der Waals surface area (Å²) >= 11 is 0. The quantitative estimate of drug-likeness (QED) is 0.578. The van der Waals surface area contributed by atoms with Crippen molar-refractivity contribution in [2.45, 2.75) is 44.8 Å². The van der Waals surface area contributed by atoms with Crippen molar-refractivity contribution in [1.82, 2.24) is 15.1 Å². The second-order valence-corrected chi connectivity index (χ2v) is 8.16. The van der Waals surface area contributed by atoms with Crippen LogP contribution in [0.4, 0.5) is 0 Å². The van der Waals surface area contributed by atoms with E-state index in [1.165, 1.54) is 31.2 Å². The number of guanidine groups is 1. The highest BCUT2D eigenvalue weighted by molar-refractivity contribution is 5.85. The summed E-state index contributed by atoms with van der Waals surface area (Å²) in [6.45, 7) is 3.53. The topological polar surface area (TPSA) is 57.2 Å². The van der Waals surface area contributed by atoms with Crippen molar-refractivity contribution in [1.29, 1.82) is 0 Å². The van der Waals surface area contributed by atoms with E-state index in [9.17, 15) is 4.79 Å². The van der Waals surface area contributed by atoms with Gasteiger partial charge in [-0.2, -0.15) is 0 Å². The molecule has 0 bridgehead atoms. The molecular weight excluding hydrogens is 352 g/mol. The zero-order chi connectivity index (χ0) is 19.8. The lowest BCUT2D eigenvalue weighted by molar-refractivity contribution is -0.127. The van der Waals surface area contributed by atoms with E-state index in [4.69, 9.17) is 4.74 Å². The fraction of sp³-hybridized carbons (Fsp3) is 0.636. The van der Waals surface area contributed by atoms with Gasteiger partial charge in [-0.05, 0) is 24.8 Å². The lowest BCUT2D eigenvalue weighted by Gasteiger charge is -2.25. The first-order valence-corrected chi connectivity index (χ1v) is 10.5. The predicted octanol–water partition coefficient (Wildman–Crippen LogP) is 2.50. The first kappa shape index (κ1) is 20.6. The van der Waals surface area contributed by atoms with Crippen molar-refractivity contribution in [2.24, 2.45) is 10.9 Å². The molecule has 0 aromatic heterocycles. The van der Waals surface area contributed by atoms with Gasteiger partial charge in [-0.25, -0.2) is 4.99 Å². The number of amides is 1. The Bertz CT molecular complexity index is 641. The monoisotopic (exact) mass is 386 g/mol. The average Bonchev–Trinajstić information content (AvgIpc) is 3.37. The van der Waals surface area contributed by atoms with Gasteiger partial charge in [0.2, 0.25) is 5.91 Å². The minimum Gasteiger partial charge on any atom is -0.376 e. The van der Waals surface area contributed by atoms with Gasteiger partial charge in [0.1, 0.15) is 6.54 Å². The fourth-order valence-corrected chi connectivity index (χ4v) is 3.85. The maximum absolute atomic E-state index is 12.0. The normalized spacial score (nSPS) is 20.6. The van der Waals surface area contributed by atoms with Gasteiger partial charge in [0.15, 0.2) is 5.96 Å². The van der Waals surface area contributed by atoms with Crippen molar-refractivity contribution in [3.63, 3.8) is 0 Å². The van der Waals surface area contributed by atoms with Crippen LogP contribution in [0, 0.1) is 5.92 Å².